The number of rotatable bonds is 0. The lowest BCUT2D eigenvalue weighted by Gasteiger charge is -2.25. The lowest BCUT2D eigenvalue weighted by atomic mass is 9.78. The topological polar surface area (TPSA) is 40.6 Å². The molecule has 0 N–H and O–H groups in total. The van der Waals surface area contributed by atoms with Gasteiger partial charge in [-0.3, -0.25) is 9.59 Å². The Kier molecular flexibility index (Phi) is 2.24. The lowest BCUT2D eigenvalue weighted by molar-refractivity contribution is -0.136. The molecule has 2 atom stereocenters. The molecule has 2 fully saturated rings. The fraction of sp³-hybridized carbons (Fsp3) is 0.818. The fourth-order valence-electron chi connectivity index (χ4n) is 2.87. The van der Waals surface area contributed by atoms with Crippen LogP contribution < -0.4 is 0 Å². The van der Waals surface area contributed by atoms with Gasteiger partial charge in [-0.15, -0.1) is 0 Å². The number of amides is 2. The summed E-state index contributed by atoms with van der Waals surface area (Å²) in [5.74, 6) is 0.596. The minimum atomic E-state index is -0.277. The lowest BCUT2D eigenvalue weighted by Crippen LogP contribution is -2.38. The van der Waals surface area contributed by atoms with Gasteiger partial charge in [0.2, 0.25) is 11.8 Å². The highest BCUT2D eigenvalue weighted by Crippen LogP contribution is 2.44. The van der Waals surface area contributed by atoms with Crippen LogP contribution in [0.5, 0.6) is 0 Å². The summed E-state index contributed by atoms with van der Waals surface area (Å²) in [5, 5.41) is 0. The van der Waals surface area contributed by atoms with E-state index in [0.717, 1.165) is 19.5 Å². The molecule has 0 aliphatic carbocycles. The van der Waals surface area contributed by atoms with Crippen LogP contribution in [0.1, 0.15) is 20.3 Å². The number of carbonyl (C=O) groups excluding carboxylic acids is 2. The van der Waals surface area contributed by atoms with Crippen LogP contribution in [-0.4, -0.2) is 48.3 Å². The number of nitrogens with zero attached hydrogens (tertiary/aromatic N) is 2. The molecule has 0 saturated carbocycles. The van der Waals surface area contributed by atoms with Gasteiger partial charge in [-0.2, -0.15) is 0 Å². The first-order valence-electron chi connectivity index (χ1n) is 5.48. The van der Waals surface area contributed by atoms with Crippen molar-refractivity contribution in [3.63, 3.8) is 0 Å². The summed E-state index contributed by atoms with van der Waals surface area (Å²) in [6, 6.07) is 0. The largest absolute Gasteiger partial charge is 0.345 e. The Morgan fingerprint density at radius 2 is 2.20 bits per heavy atom. The van der Waals surface area contributed by atoms with Gasteiger partial charge in [0.25, 0.3) is 0 Å². The quantitative estimate of drug-likeness (QED) is 0.578. The van der Waals surface area contributed by atoms with E-state index in [9.17, 15) is 9.59 Å². The molecule has 15 heavy (non-hydrogen) atoms. The van der Waals surface area contributed by atoms with Crippen molar-refractivity contribution in [2.75, 3.05) is 26.7 Å². The van der Waals surface area contributed by atoms with Gasteiger partial charge in [-0.1, -0.05) is 6.92 Å². The van der Waals surface area contributed by atoms with Crippen molar-refractivity contribution < 1.29 is 9.59 Å². The highest BCUT2D eigenvalue weighted by molar-refractivity contribution is 5.87. The second kappa shape index (κ2) is 3.22. The normalized spacial score (nSPS) is 35.7. The molecule has 2 rings (SSSR count). The monoisotopic (exact) mass is 210 g/mol. The Labute approximate surface area is 90.2 Å². The molecule has 0 unspecified atom stereocenters. The van der Waals surface area contributed by atoms with Gasteiger partial charge in [0.05, 0.1) is 5.41 Å². The summed E-state index contributed by atoms with van der Waals surface area (Å²) in [4.78, 5) is 27.0. The SMILES string of the molecule is CC(=O)N1C[C@@H](C)[C@@]2(CCN(C)C2=O)C1. The molecule has 2 aliphatic rings. The average molecular weight is 210 g/mol. The highest BCUT2D eigenvalue weighted by Gasteiger charge is 2.54. The van der Waals surface area contributed by atoms with Crippen molar-refractivity contribution in [2.45, 2.75) is 20.3 Å². The number of carbonyl (C=O) groups is 2. The van der Waals surface area contributed by atoms with Crippen molar-refractivity contribution in [1.82, 2.24) is 9.80 Å². The van der Waals surface area contributed by atoms with Crippen LogP contribution in [0, 0.1) is 11.3 Å². The van der Waals surface area contributed by atoms with E-state index in [1.807, 2.05) is 11.9 Å². The molecular weight excluding hydrogens is 192 g/mol. The minimum Gasteiger partial charge on any atom is -0.345 e. The number of hydrogen-bond acceptors (Lipinski definition) is 2. The molecule has 0 bridgehead atoms. The van der Waals surface area contributed by atoms with Crippen molar-refractivity contribution in [2.24, 2.45) is 11.3 Å². The third-order valence-electron chi connectivity index (χ3n) is 4.02. The Morgan fingerprint density at radius 3 is 2.60 bits per heavy atom. The van der Waals surface area contributed by atoms with Crippen LogP contribution in [0.2, 0.25) is 0 Å². The van der Waals surface area contributed by atoms with Gasteiger partial charge in [0.15, 0.2) is 0 Å². The van der Waals surface area contributed by atoms with Crippen molar-refractivity contribution in [3.8, 4) is 0 Å². The number of hydrogen-bond donors (Lipinski definition) is 0. The zero-order valence-electron chi connectivity index (χ0n) is 9.62. The minimum absolute atomic E-state index is 0.0843. The molecule has 0 aromatic rings. The molecule has 0 radical (unpaired) electrons. The summed E-state index contributed by atoms with van der Waals surface area (Å²) in [6.07, 6.45) is 0.896. The van der Waals surface area contributed by atoms with Crippen LogP contribution in [-0.2, 0) is 9.59 Å². The van der Waals surface area contributed by atoms with E-state index < -0.39 is 0 Å². The Balaban J connectivity index is 2.24. The summed E-state index contributed by atoms with van der Waals surface area (Å²) < 4.78 is 0. The van der Waals surface area contributed by atoms with E-state index in [0.29, 0.717) is 12.5 Å². The summed E-state index contributed by atoms with van der Waals surface area (Å²) in [6.45, 7) is 5.84. The zero-order valence-corrected chi connectivity index (χ0v) is 9.62. The van der Waals surface area contributed by atoms with Crippen LogP contribution in [0.3, 0.4) is 0 Å². The van der Waals surface area contributed by atoms with Gasteiger partial charge < -0.3 is 9.80 Å². The van der Waals surface area contributed by atoms with Crippen molar-refractivity contribution in [3.05, 3.63) is 0 Å². The van der Waals surface area contributed by atoms with E-state index in [4.69, 9.17) is 0 Å². The third kappa shape index (κ3) is 1.34. The average Bonchev–Trinajstić information content (AvgIpc) is 2.65. The molecular formula is C11H18N2O2. The molecule has 4 nitrogen and oxygen atoms in total. The molecule has 84 valence electrons. The maximum absolute atomic E-state index is 12.1. The predicted molar refractivity (Wildman–Crippen MR) is 56.1 cm³/mol. The molecule has 2 saturated heterocycles. The second-order valence-corrected chi connectivity index (χ2v) is 4.93. The molecule has 1 spiro atoms. The standard InChI is InChI=1S/C11H18N2O2/c1-8-6-13(9(2)14)7-11(8)4-5-12(3)10(11)15/h8H,4-7H2,1-3H3/t8-,11-/m1/s1. The molecule has 0 aromatic carbocycles. The van der Waals surface area contributed by atoms with Crippen molar-refractivity contribution >= 4 is 11.8 Å². The first-order valence-corrected chi connectivity index (χ1v) is 5.48. The molecule has 0 aromatic heterocycles. The smallest absolute Gasteiger partial charge is 0.230 e. The van der Waals surface area contributed by atoms with Crippen LogP contribution in [0.15, 0.2) is 0 Å². The third-order valence-corrected chi connectivity index (χ3v) is 4.02. The van der Waals surface area contributed by atoms with Crippen molar-refractivity contribution in [1.29, 1.82) is 0 Å². The molecule has 2 aliphatic heterocycles. The molecule has 4 heteroatoms. The van der Waals surface area contributed by atoms with Gasteiger partial charge in [-0.25, -0.2) is 0 Å². The van der Waals surface area contributed by atoms with Crippen LogP contribution in [0.4, 0.5) is 0 Å². The first-order chi connectivity index (χ1) is 6.97. The Hall–Kier alpha value is -1.06. The zero-order chi connectivity index (χ0) is 11.2. The maximum Gasteiger partial charge on any atom is 0.230 e. The number of likely N-dealkylation sites (tertiary alicyclic amines) is 2. The van der Waals surface area contributed by atoms with Gasteiger partial charge in [0, 0.05) is 33.6 Å². The van der Waals surface area contributed by atoms with Gasteiger partial charge in [0.1, 0.15) is 0 Å². The Morgan fingerprint density at radius 1 is 1.53 bits per heavy atom. The summed E-state index contributed by atoms with van der Waals surface area (Å²) in [7, 11) is 1.85. The molecule has 2 amide bonds. The van der Waals surface area contributed by atoms with E-state index in [1.165, 1.54) is 0 Å². The first kappa shape index (κ1) is 10.5. The second-order valence-electron chi connectivity index (χ2n) is 4.93. The van der Waals surface area contributed by atoms with Crippen LogP contribution in [0.25, 0.3) is 0 Å². The van der Waals surface area contributed by atoms with E-state index in [2.05, 4.69) is 6.92 Å². The summed E-state index contributed by atoms with van der Waals surface area (Å²) >= 11 is 0. The fourth-order valence-corrected chi connectivity index (χ4v) is 2.87. The van der Waals surface area contributed by atoms with E-state index in [-0.39, 0.29) is 17.2 Å². The van der Waals surface area contributed by atoms with Gasteiger partial charge in [-0.05, 0) is 12.3 Å². The Bertz CT molecular complexity index is 316. The van der Waals surface area contributed by atoms with Gasteiger partial charge >= 0.3 is 0 Å². The summed E-state index contributed by atoms with van der Waals surface area (Å²) in [5.41, 5.74) is -0.277. The van der Waals surface area contributed by atoms with Crippen LogP contribution >= 0.6 is 0 Å². The molecule has 2 heterocycles. The predicted octanol–water partition coefficient (Wildman–Crippen LogP) is 0.333. The maximum atomic E-state index is 12.1. The highest BCUT2D eigenvalue weighted by atomic mass is 16.2. The van der Waals surface area contributed by atoms with E-state index >= 15 is 0 Å². The van der Waals surface area contributed by atoms with E-state index in [1.54, 1.807) is 11.8 Å².